The van der Waals surface area contributed by atoms with Gasteiger partial charge in [-0.1, -0.05) is 6.92 Å². The first kappa shape index (κ1) is 10.9. The third-order valence-corrected chi connectivity index (χ3v) is 3.33. The monoisotopic (exact) mass is 269 g/mol. The van der Waals surface area contributed by atoms with Crippen LogP contribution in [0, 0.1) is 0 Å². The first-order chi connectivity index (χ1) is 7.29. The van der Waals surface area contributed by atoms with E-state index < -0.39 is 0 Å². The SMILES string of the molecule is CCN1CCN(c2ccnc(Br)c2)CC1. The van der Waals surface area contributed by atoms with Gasteiger partial charge in [0.25, 0.3) is 0 Å². The van der Waals surface area contributed by atoms with Crippen molar-refractivity contribution in [2.24, 2.45) is 0 Å². The Morgan fingerprint density at radius 3 is 2.67 bits per heavy atom. The summed E-state index contributed by atoms with van der Waals surface area (Å²) in [6.07, 6.45) is 1.85. The van der Waals surface area contributed by atoms with Crippen molar-refractivity contribution in [1.82, 2.24) is 9.88 Å². The highest BCUT2D eigenvalue weighted by atomic mass is 79.9. The van der Waals surface area contributed by atoms with E-state index in [1.807, 2.05) is 6.20 Å². The Hall–Kier alpha value is -0.610. The molecule has 0 spiro atoms. The minimum absolute atomic E-state index is 0.915. The van der Waals surface area contributed by atoms with Crippen molar-refractivity contribution in [2.75, 3.05) is 37.6 Å². The summed E-state index contributed by atoms with van der Waals surface area (Å²) >= 11 is 3.41. The smallest absolute Gasteiger partial charge is 0.108 e. The lowest BCUT2D eigenvalue weighted by Gasteiger charge is -2.35. The molecule has 0 saturated carbocycles. The van der Waals surface area contributed by atoms with E-state index in [2.05, 4.69) is 49.8 Å². The third kappa shape index (κ3) is 2.69. The molecule has 0 atom stereocenters. The second-order valence-electron chi connectivity index (χ2n) is 3.76. The second-order valence-corrected chi connectivity index (χ2v) is 4.57. The van der Waals surface area contributed by atoms with E-state index in [0.717, 1.165) is 37.3 Å². The number of aromatic nitrogens is 1. The maximum absolute atomic E-state index is 4.15. The van der Waals surface area contributed by atoms with Gasteiger partial charge in [-0.2, -0.15) is 0 Å². The molecule has 2 heterocycles. The maximum Gasteiger partial charge on any atom is 0.108 e. The van der Waals surface area contributed by atoms with Gasteiger partial charge < -0.3 is 9.80 Å². The predicted molar refractivity (Wildman–Crippen MR) is 66.3 cm³/mol. The first-order valence-electron chi connectivity index (χ1n) is 5.38. The van der Waals surface area contributed by atoms with Crippen molar-refractivity contribution < 1.29 is 0 Å². The molecule has 1 aromatic heterocycles. The largest absolute Gasteiger partial charge is 0.369 e. The number of halogens is 1. The van der Waals surface area contributed by atoms with Crippen molar-refractivity contribution in [3.8, 4) is 0 Å². The third-order valence-electron chi connectivity index (χ3n) is 2.89. The van der Waals surface area contributed by atoms with Gasteiger partial charge >= 0.3 is 0 Å². The lowest BCUT2D eigenvalue weighted by atomic mass is 10.2. The molecule has 1 aliphatic rings. The lowest BCUT2D eigenvalue weighted by molar-refractivity contribution is 0.271. The van der Waals surface area contributed by atoms with Crippen LogP contribution in [0.1, 0.15) is 6.92 Å². The van der Waals surface area contributed by atoms with Crippen LogP contribution >= 0.6 is 15.9 Å². The number of likely N-dealkylation sites (N-methyl/N-ethyl adjacent to an activating group) is 1. The highest BCUT2D eigenvalue weighted by Crippen LogP contribution is 2.18. The molecule has 82 valence electrons. The fourth-order valence-electron chi connectivity index (χ4n) is 1.91. The fraction of sp³-hybridized carbons (Fsp3) is 0.545. The molecule has 15 heavy (non-hydrogen) atoms. The van der Waals surface area contributed by atoms with Crippen LogP contribution in [0.4, 0.5) is 5.69 Å². The summed E-state index contributed by atoms with van der Waals surface area (Å²) in [5.41, 5.74) is 1.27. The van der Waals surface area contributed by atoms with Crippen LogP contribution in [-0.2, 0) is 0 Å². The number of anilines is 1. The van der Waals surface area contributed by atoms with E-state index in [4.69, 9.17) is 0 Å². The van der Waals surface area contributed by atoms with Gasteiger partial charge in [0.1, 0.15) is 4.60 Å². The average molecular weight is 270 g/mol. The van der Waals surface area contributed by atoms with Crippen molar-refractivity contribution in [2.45, 2.75) is 6.92 Å². The lowest BCUT2D eigenvalue weighted by Crippen LogP contribution is -2.46. The number of hydrogen-bond acceptors (Lipinski definition) is 3. The van der Waals surface area contributed by atoms with E-state index in [0.29, 0.717) is 0 Å². The van der Waals surface area contributed by atoms with Crippen molar-refractivity contribution >= 4 is 21.6 Å². The Morgan fingerprint density at radius 2 is 2.07 bits per heavy atom. The van der Waals surface area contributed by atoms with Crippen molar-refractivity contribution in [1.29, 1.82) is 0 Å². The minimum Gasteiger partial charge on any atom is -0.369 e. The van der Waals surface area contributed by atoms with Gasteiger partial charge in [-0.25, -0.2) is 4.98 Å². The number of piperazine rings is 1. The topological polar surface area (TPSA) is 19.4 Å². The summed E-state index contributed by atoms with van der Waals surface area (Å²) < 4.78 is 0.915. The summed E-state index contributed by atoms with van der Waals surface area (Å²) in [6.45, 7) is 7.94. The molecule has 1 aliphatic heterocycles. The maximum atomic E-state index is 4.15. The van der Waals surface area contributed by atoms with Gasteiger partial charge in [0.2, 0.25) is 0 Å². The summed E-state index contributed by atoms with van der Waals surface area (Å²) in [6, 6.07) is 4.16. The van der Waals surface area contributed by atoms with Crippen LogP contribution in [0.2, 0.25) is 0 Å². The summed E-state index contributed by atoms with van der Waals surface area (Å²) in [4.78, 5) is 9.04. The Morgan fingerprint density at radius 1 is 1.33 bits per heavy atom. The molecular formula is C11H16BrN3. The highest BCUT2D eigenvalue weighted by Gasteiger charge is 2.15. The van der Waals surface area contributed by atoms with Gasteiger partial charge in [0.15, 0.2) is 0 Å². The number of rotatable bonds is 2. The van der Waals surface area contributed by atoms with E-state index in [-0.39, 0.29) is 0 Å². The van der Waals surface area contributed by atoms with Crippen LogP contribution in [0.5, 0.6) is 0 Å². The molecular weight excluding hydrogens is 254 g/mol. The van der Waals surface area contributed by atoms with Crippen LogP contribution in [0.25, 0.3) is 0 Å². The van der Waals surface area contributed by atoms with Gasteiger partial charge in [0.05, 0.1) is 0 Å². The molecule has 0 N–H and O–H groups in total. The zero-order valence-corrected chi connectivity index (χ0v) is 10.6. The molecule has 1 fully saturated rings. The number of hydrogen-bond donors (Lipinski definition) is 0. The zero-order valence-electron chi connectivity index (χ0n) is 8.99. The minimum atomic E-state index is 0.915. The molecule has 3 nitrogen and oxygen atoms in total. The molecule has 1 saturated heterocycles. The normalized spacial score (nSPS) is 18.1. The molecule has 0 bridgehead atoms. The van der Waals surface area contributed by atoms with Crippen LogP contribution < -0.4 is 4.90 Å². The Balaban J connectivity index is 2.01. The quantitative estimate of drug-likeness (QED) is 0.766. The molecule has 0 aromatic carbocycles. The molecule has 0 unspecified atom stereocenters. The van der Waals surface area contributed by atoms with Crippen LogP contribution in [0.15, 0.2) is 22.9 Å². The van der Waals surface area contributed by atoms with Crippen LogP contribution in [-0.4, -0.2) is 42.6 Å². The fourth-order valence-corrected chi connectivity index (χ4v) is 2.26. The van der Waals surface area contributed by atoms with E-state index in [1.54, 1.807) is 0 Å². The van der Waals surface area contributed by atoms with E-state index >= 15 is 0 Å². The molecule has 0 radical (unpaired) electrons. The molecule has 2 rings (SSSR count). The Bertz CT molecular complexity index is 321. The molecule has 1 aromatic rings. The number of nitrogens with zero attached hydrogens (tertiary/aromatic N) is 3. The summed E-state index contributed by atoms with van der Waals surface area (Å²) in [7, 11) is 0. The summed E-state index contributed by atoms with van der Waals surface area (Å²) in [5.74, 6) is 0. The van der Waals surface area contributed by atoms with Gasteiger partial charge in [-0.15, -0.1) is 0 Å². The number of pyridine rings is 1. The first-order valence-corrected chi connectivity index (χ1v) is 6.17. The molecule has 0 amide bonds. The van der Waals surface area contributed by atoms with Gasteiger partial charge in [-0.05, 0) is 34.6 Å². The molecule has 4 heteroatoms. The van der Waals surface area contributed by atoms with Gasteiger partial charge in [-0.3, -0.25) is 0 Å². The van der Waals surface area contributed by atoms with Crippen molar-refractivity contribution in [3.63, 3.8) is 0 Å². The van der Waals surface area contributed by atoms with E-state index in [9.17, 15) is 0 Å². The highest BCUT2D eigenvalue weighted by molar-refractivity contribution is 9.10. The van der Waals surface area contributed by atoms with Crippen molar-refractivity contribution in [3.05, 3.63) is 22.9 Å². The van der Waals surface area contributed by atoms with Crippen LogP contribution in [0.3, 0.4) is 0 Å². The standard InChI is InChI=1S/C11H16BrN3/c1-2-14-5-7-15(8-6-14)10-3-4-13-11(12)9-10/h3-4,9H,2,5-8H2,1H3. The Kier molecular flexibility index (Phi) is 3.59. The van der Waals surface area contributed by atoms with E-state index in [1.165, 1.54) is 5.69 Å². The van der Waals surface area contributed by atoms with Gasteiger partial charge in [0, 0.05) is 38.1 Å². The predicted octanol–water partition coefficient (Wildman–Crippen LogP) is 1.99. The summed E-state index contributed by atoms with van der Waals surface area (Å²) in [5, 5.41) is 0. The Labute approximate surface area is 99.2 Å². The zero-order chi connectivity index (χ0) is 10.7. The second kappa shape index (κ2) is 4.94. The average Bonchev–Trinajstić information content (AvgIpc) is 2.29. The molecule has 0 aliphatic carbocycles.